The van der Waals surface area contributed by atoms with Crippen molar-refractivity contribution < 1.29 is 0 Å². The van der Waals surface area contributed by atoms with E-state index in [0.717, 1.165) is 13.0 Å². The van der Waals surface area contributed by atoms with Gasteiger partial charge in [0.25, 0.3) is 0 Å². The van der Waals surface area contributed by atoms with Gasteiger partial charge >= 0.3 is 0 Å². The van der Waals surface area contributed by atoms with E-state index in [0.29, 0.717) is 5.17 Å². The fourth-order valence-electron chi connectivity index (χ4n) is 0.311. The van der Waals surface area contributed by atoms with E-state index in [1.54, 1.807) is 0 Å². The van der Waals surface area contributed by atoms with E-state index in [1.807, 2.05) is 6.26 Å². The SMILES string of the molecule is CCCNC(=N)SC.I. The minimum atomic E-state index is 0. The smallest absolute Gasteiger partial charge is 0.153 e. The molecule has 0 rings (SSSR count). The zero-order valence-electron chi connectivity index (χ0n) is 5.73. The molecule has 0 radical (unpaired) electrons. The molecule has 0 heterocycles. The van der Waals surface area contributed by atoms with Crippen LogP contribution in [0.3, 0.4) is 0 Å². The van der Waals surface area contributed by atoms with E-state index < -0.39 is 0 Å². The van der Waals surface area contributed by atoms with Crippen molar-refractivity contribution in [3.8, 4) is 0 Å². The maximum atomic E-state index is 7.09. The van der Waals surface area contributed by atoms with Gasteiger partial charge in [-0.25, -0.2) is 0 Å². The van der Waals surface area contributed by atoms with Gasteiger partial charge in [-0.1, -0.05) is 18.7 Å². The van der Waals surface area contributed by atoms with Crippen LogP contribution in [0.5, 0.6) is 0 Å². The fraction of sp³-hybridized carbons (Fsp3) is 0.800. The molecule has 0 aliphatic rings. The van der Waals surface area contributed by atoms with E-state index in [1.165, 1.54) is 11.8 Å². The summed E-state index contributed by atoms with van der Waals surface area (Å²) in [6, 6.07) is 0. The van der Waals surface area contributed by atoms with Crippen molar-refractivity contribution in [2.45, 2.75) is 13.3 Å². The van der Waals surface area contributed by atoms with Gasteiger partial charge < -0.3 is 5.32 Å². The second-order valence-electron chi connectivity index (χ2n) is 1.46. The Morgan fingerprint density at radius 2 is 2.22 bits per heavy atom. The van der Waals surface area contributed by atoms with Gasteiger partial charge in [0.15, 0.2) is 5.17 Å². The monoisotopic (exact) mass is 260 g/mol. The van der Waals surface area contributed by atoms with Crippen LogP contribution in [0.2, 0.25) is 0 Å². The summed E-state index contributed by atoms with van der Waals surface area (Å²) < 4.78 is 0. The molecule has 56 valence electrons. The van der Waals surface area contributed by atoms with Crippen molar-refractivity contribution in [3.63, 3.8) is 0 Å². The van der Waals surface area contributed by atoms with Gasteiger partial charge in [0.05, 0.1) is 0 Å². The molecule has 0 unspecified atom stereocenters. The normalized spacial score (nSPS) is 7.78. The lowest BCUT2D eigenvalue weighted by atomic mass is 10.5. The van der Waals surface area contributed by atoms with Crippen LogP contribution < -0.4 is 5.32 Å². The van der Waals surface area contributed by atoms with Crippen molar-refractivity contribution in [1.29, 1.82) is 5.41 Å². The maximum absolute atomic E-state index is 7.09. The average molecular weight is 260 g/mol. The first-order valence-electron chi connectivity index (χ1n) is 2.67. The van der Waals surface area contributed by atoms with E-state index in [-0.39, 0.29) is 24.0 Å². The number of thioether (sulfide) groups is 1. The minimum Gasteiger partial charge on any atom is -0.365 e. The van der Waals surface area contributed by atoms with E-state index >= 15 is 0 Å². The summed E-state index contributed by atoms with van der Waals surface area (Å²) in [6.07, 6.45) is 2.98. The second-order valence-corrected chi connectivity index (χ2v) is 2.28. The zero-order valence-corrected chi connectivity index (χ0v) is 8.88. The van der Waals surface area contributed by atoms with Crippen molar-refractivity contribution in [2.24, 2.45) is 0 Å². The van der Waals surface area contributed by atoms with E-state index in [2.05, 4.69) is 12.2 Å². The molecule has 0 aromatic carbocycles. The largest absolute Gasteiger partial charge is 0.365 e. The van der Waals surface area contributed by atoms with Gasteiger partial charge in [-0.2, -0.15) is 0 Å². The molecule has 9 heavy (non-hydrogen) atoms. The summed E-state index contributed by atoms with van der Waals surface area (Å²) >= 11 is 1.44. The Bertz CT molecular complexity index is 77.4. The Hall–Kier alpha value is 0.550. The Morgan fingerprint density at radius 1 is 1.67 bits per heavy atom. The van der Waals surface area contributed by atoms with Crippen LogP contribution in [0.25, 0.3) is 0 Å². The highest BCUT2D eigenvalue weighted by molar-refractivity contribution is 14.0. The lowest BCUT2D eigenvalue weighted by Crippen LogP contribution is -2.19. The lowest BCUT2D eigenvalue weighted by Gasteiger charge is -2.00. The highest BCUT2D eigenvalue weighted by Crippen LogP contribution is 1.89. The van der Waals surface area contributed by atoms with Crippen molar-refractivity contribution >= 4 is 40.9 Å². The molecule has 0 bridgehead atoms. The molecule has 0 atom stereocenters. The van der Waals surface area contributed by atoms with Crippen LogP contribution >= 0.6 is 35.7 Å². The third-order valence-corrected chi connectivity index (χ3v) is 1.29. The molecule has 0 aromatic rings. The van der Waals surface area contributed by atoms with Crippen LogP contribution in [0.15, 0.2) is 0 Å². The minimum absolute atomic E-state index is 0. The molecular weight excluding hydrogens is 247 g/mol. The standard InChI is InChI=1S/C5H12N2S.HI/c1-3-4-7-5(6)8-2;/h3-4H2,1-2H3,(H2,6,7);1H. The third-order valence-electron chi connectivity index (χ3n) is 0.740. The van der Waals surface area contributed by atoms with Crippen LogP contribution in [0.4, 0.5) is 0 Å². The summed E-state index contributed by atoms with van der Waals surface area (Å²) in [7, 11) is 0. The number of nitrogens with one attached hydrogen (secondary N) is 2. The molecule has 4 heteroatoms. The molecule has 0 amide bonds. The molecule has 0 saturated carbocycles. The Balaban J connectivity index is 0. The highest BCUT2D eigenvalue weighted by Gasteiger charge is 1.86. The van der Waals surface area contributed by atoms with Gasteiger partial charge in [-0.05, 0) is 12.7 Å². The van der Waals surface area contributed by atoms with Crippen molar-refractivity contribution in [2.75, 3.05) is 12.8 Å². The quantitative estimate of drug-likeness (QED) is 0.452. The van der Waals surface area contributed by atoms with Gasteiger partial charge in [0.2, 0.25) is 0 Å². The lowest BCUT2D eigenvalue weighted by molar-refractivity contribution is 0.845. The van der Waals surface area contributed by atoms with Gasteiger partial charge in [0, 0.05) is 6.54 Å². The molecule has 2 nitrogen and oxygen atoms in total. The van der Waals surface area contributed by atoms with Crippen LogP contribution in [-0.2, 0) is 0 Å². The third kappa shape index (κ3) is 8.55. The summed E-state index contributed by atoms with van der Waals surface area (Å²) in [5, 5.41) is 10.6. The Kier molecular flexibility index (Phi) is 11.6. The van der Waals surface area contributed by atoms with E-state index in [9.17, 15) is 0 Å². The first-order valence-corrected chi connectivity index (χ1v) is 3.90. The van der Waals surface area contributed by atoms with Crippen molar-refractivity contribution in [1.82, 2.24) is 5.32 Å². The van der Waals surface area contributed by atoms with Gasteiger partial charge in [-0.15, -0.1) is 24.0 Å². The summed E-state index contributed by atoms with van der Waals surface area (Å²) in [5.74, 6) is 0. The number of hydrogen-bond acceptors (Lipinski definition) is 2. The summed E-state index contributed by atoms with van der Waals surface area (Å²) in [4.78, 5) is 0. The zero-order chi connectivity index (χ0) is 6.41. The molecule has 0 aliphatic heterocycles. The first kappa shape index (κ1) is 12.2. The van der Waals surface area contributed by atoms with Crippen LogP contribution in [-0.4, -0.2) is 18.0 Å². The number of rotatable bonds is 2. The highest BCUT2D eigenvalue weighted by atomic mass is 127. The predicted octanol–water partition coefficient (Wildman–Crippen LogP) is 1.90. The fourth-order valence-corrected chi connectivity index (χ4v) is 0.557. The maximum Gasteiger partial charge on any atom is 0.153 e. The summed E-state index contributed by atoms with van der Waals surface area (Å²) in [5.41, 5.74) is 0. The second kappa shape index (κ2) is 8.55. The first-order chi connectivity index (χ1) is 3.81. The van der Waals surface area contributed by atoms with Crippen molar-refractivity contribution in [3.05, 3.63) is 0 Å². The Morgan fingerprint density at radius 3 is 2.56 bits per heavy atom. The molecule has 0 fully saturated rings. The average Bonchev–Trinajstić information content (AvgIpc) is 1.83. The molecule has 2 N–H and O–H groups in total. The molecule has 0 aromatic heterocycles. The molecule has 0 spiro atoms. The topological polar surface area (TPSA) is 35.9 Å². The Labute approximate surface area is 77.7 Å². The molecule has 0 saturated heterocycles. The molecular formula is C5H13IN2S. The van der Waals surface area contributed by atoms with E-state index in [4.69, 9.17) is 5.41 Å². The van der Waals surface area contributed by atoms with Gasteiger partial charge in [-0.3, -0.25) is 5.41 Å². The summed E-state index contributed by atoms with van der Waals surface area (Å²) in [6.45, 7) is 3.00. The van der Waals surface area contributed by atoms with Crippen LogP contribution in [0, 0.1) is 5.41 Å². The van der Waals surface area contributed by atoms with Crippen LogP contribution in [0.1, 0.15) is 13.3 Å². The van der Waals surface area contributed by atoms with Gasteiger partial charge in [0.1, 0.15) is 0 Å². The number of halogens is 1. The number of hydrogen-bond donors (Lipinski definition) is 2. The predicted molar refractivity (Wildman–Crippen MR) is 55.0 cm³/mol. The molecule has 0 aliphatic carbocycles. The number of amidine groups is 1.